The Hall–Kier alpha value is -2.74. The van der Waals surface area contributed by atoms with E-state index in [0.717, 1.165) is 16.4 Å². The average molecular weight is 344 g/mol. The van der Waals surface area contributed by atoms with Gasteiger partial charge in [0.25, 0.3) is 0 Å². The van der Waals surface area contributed by atoms with Crippen molar-refractivity contribution in [3.63, 3.8) is 0 Å². The minimum absolute atomic E-state index is 0.113. The van der Waals surface area contributed by atoms with Crippen LogP contribution in [0.5, 0.6) is 0 Å². The van der Waals surface area contributed by atoms with Gasteiger partial charge in [-0.1, -0.05) is 18.2 Å². The van der Waals surface area contributed by atoms with Crippen LogP contribution in [0, 0.1) is 0 Å². The van der Waals surface area contributed by atoms with Crippen molar-refractivity contribution in [3.8, 4) is 0 Å². The number of benzene rings is 1. The second-order valence-corrected chi connectivity index (χ2v) is 6.04. The number of carbonyl (C=O) groups is 1. The number of rotatable bonds is 5. The van der Waals surface area contributed by atoms with Gasteiger partial charge in [0.1, 0.15) is 6.29 Å². The Morgan fingerprint density at radius 1 is 1.36 bits per heavy atom. The van der Waals surface area contributed by atoms with Gasteiger partial charge in [-0.2, -0.15) is 4.98 Å². The summed E-state index contributed by atoms with van der Waals surface area (Å²) in [5, 5.41) is 3.00. The second kappa shape index (κ2) is 7.43. The summed E-state index contributed by atoms with van der Waals surface area (Å²) in [6, 6.07) is 6.65. The number of nitrogens with one attached hydrogen (secondary N) is 2. The Bertz CT molecular complexity index is 836. The molecule has 0 unspecified atom stereocenters. The summed E-state index contributed by atoms with van der Waals surface area (Å²) < 4.78 is 6.42. The third kappa shape index (κ3) is 3.85. The molecule has 1 atom stereocenters. The summed E-state index contributed by atoms with van der Waals surface area (Å²) in [7, 11) is 0. The number of H-pyrrole nitrogens is 1. The Morgan fingerprint density at radius 2 is 2.12 bits per heavy atom. The quantitative estimate of drug-likeness (QED) is 0.791. The summed E-state index contributed by atoms with van der Waals surface area (Å²) in [5.41, 5.74) is 0.346. The topological polar surface area (TPSA) is 106 Å². The molecule has 2 aromatic rings. The predicted octanol–water partition coefficient (Wildman–Crippen LogP) is 1.27. The standard InChI is InChI=1S/C17H20N4O4/c1-11(13-4-2-3-12(9-13)10-22)18-15-19-16(23)21(17(24)20-15)14-5-7-25-8-6-14/h2-4,9-11,14H,5-8H2,1H3,(H2,18,19,20,23,24)/t11-/m0/s1. The highest BCUT2D eigenvalue weighted by Crippen LogP contribution is 2.18. The molecule has 0 aliphatic carbocycles. The summed E-state index contributed by atoms with van der Waals surface area (Å²) in [6.45, 7) is 2.91. The highest BCUT2D eigenvalue weighted by atomic mass is 16.5. The summed E-state index contributed by atoms with van der Waals surface area (Å²) in [5.74, 6) is 0.113. The molecule has 25 heavy (non-hydrogen) atoms. The zero-order chi connectivity index (χ0) is 17.8. The molecule has 0 bridgehead atoms. The molecule has 1 aromatic carbocycles. The van der Waals surface area contributed by atoms with Crippen molar-refractivity contribution in [1.29, 1.82) is 0 Å². The summed E-state index contributed by atoms with van der Waals surface area (Å²) in [6.07, 6.45) is 2.00. The number of nitrogens with zero attached hydrogens (tertiary/aromatic N) is 2. The van der Waals surface area contributed by atoms with Gasteiger partial charge in [-0.25, -0.2) is 14.2 Å². The fraction of sp³-hybridized carbons (Fsp3) is 0.412. The normalized spacial score (nSPS) is 16.4. The lowest BCUT2D eigenvalue weighted by atomic mass is 10.1. The molecule has 3 rings (SSSR count). The van der Waals surface area contributed by atoms with Gasteiger partial charge in [0.05, 0.1) is 6.04 Å². The maximum atomic E-state index is 12.3. The largest absolute Gasteiger partial charge is 0.381 e. The molecular weight excluding hydrogens is 324 g/mol. The van der Waals surface area contributed by atoms with E-state index in [9.17, 15) is 14.4 Å². The molecular formula is C17H20N4O4. The monoisotopic (exact) mass is 344 g/mol. The number of aromatic amines is 1. The van der Waals surface area contributed by atoms with Crippen molar-refractivity contribution >= 4 is 12.2 Å². The first-order valence-corrected chi connectivity index (χ1v) is 8.21. The minimum Gasteiger partial charge on any atom is -0.381 e. The number of anilines is 1. The van der Waals surface area contributed by atoms with Gasteiger partial charge in [-0.15, -0.1) is 0 Å². The maximum Gasteiger partial charge on any atom is 0.355 e. The number of hydrogen-bond acceptors (Lipinski definition) is 6. The van der Waals surface area contributed by atoms with E-state index < -0.39 is 11.4 Å². The van der Waals surface area contributed by atoms with E-state index in [2.05, 4.69) is 15.3 Å². The highest BCUT2D eigenvalue weighted by molar-refractivity contribution is 5.75. The van der Waals surface area contributed by atoms with E-state index in [1.54, 1.807) is 18.2 Å². The van der Waals surface area contributed by atoms with Gasteiger partial charge in [-0.3, -0.25) is 9.78 Å². The van der Waals surface area contributed by atoms with Crippen LogP contribution in [-0.2, 0) is 4.74 Å². The lowest BCUT2D eigenvalue weighted by Crippen LogP contribution is -2.42. The van der Waals surface area contributed by atoms with E-state index in [-0.39, 0.29) is 18.0 Å². The number of aromatic nitrogens is 3. The van der Waals surface area contributed by atoms with E-state index in [4.69, 9.17) is 4.74 Å². The lowest BCUT2D eigenvalue weighted by molar-refractivity contribution is 0.0670. The first kappa shape index (κ1) is 17.1. The van der Waals surface area contributed by atoms with Crippen molar-refractivity contribution in [1.82, 2.24) is 14.5 Å². The molecule has 2 heterocycles. The molecule has 2 N–H and O–H groups in total. The van der Waals surface area contributed by atoms with E-state index >= 15 is 0 Å². The summed E-state index contributed by atoms with van der Waals surface area (Å²) in [4.78, 5) is 42.1. The molecule has 8 heteroatoms. The van der Waals surface area contributed by atoms with Crippen LogP contribution in [0.25, 0.3) is 0 Å². The smallest absolute Gasteiger partial charge is 0.355 e. The van der Waals surface area contributed by atoms with Crippen molar-refractivity contribution < 1.29 is 9.53 Å². The molecule has 132 valence electrons. The Kier molecular flexibility index (Phi) is 5.08. The van der Waals surface area contributed by atoms with Gasteiger partial charge in [0, 0.05) is 24.8 Å². The van der Waals surface area contributed by atoms with Crippen molar-refractivity contribution in [2.45, 2.75) is 31.8 Å². The van der Waals surface area contributed by atoms with Crippen LogP contribution >= 0.6 is 0 Å². The molecule has 0 radical (unpaired) electrons. The van der Waals surface area contributed by atoms with Crippen molar-refractivity contribution in [2.24, 2.45) is 0 Å². The third-order valence-corrected chi connectivity index (χ3v) is 4.31. The van der Waals surface area contributed by atoms with Crippen molar-refractivity contribution in [3.05, 3.63) is 56.4 Å². The first-order chi connectivity index (χ1) is 12.1. The number of aldehydes is 1. The first-order valence-electron chi connectivity index (χ1n) is 8.21. The van der Waals surface area contributed by atoms with E-state index in [0.29, 0.717) is 31.6 Å². The molecule has 0 amide bonds. The molecule has 1 saturated heterocycles. The zero-order valence-electron chi connectivity index (χ0n) is 13.9. The maximum absolute atomic E-state index is 12.3. The van der Waals surface area contributed by atoms with Gasteiger partial charge < -0.3 is 10.1 Å². The SMILES string of the molecule is C[C@H](Nc1nc(=O)n(C2CCOCC2)c(=O)[nH]1)c1cccc(C=O)c1. The van der Waals surface area contributed by atoms with Crippen LogP contribution in [0.2, 0.25) is 0 Å². The van der Waals surface area contributed by atoms with Gasteiger partial charge >= 0.3 is 11.4 Å². The predicted molar refractivity (Wildman–Crippen MR) is 92.1 cm³/mol. The minimum atomic E-state index is -0.577. The molecule has 1 aromatic heterocycles. The molecule has 0 saturated carbocycles. The highest BCUT2D eigenvalue weighted by Gasteiger charge is 2.20. The van der Waals surface area contributed by atoms with Gasteiger partial charge in [0.2, 0.25) is 5.95 Å². The lowest BCUT2D eigenvalue weighted by Gasteiger charge is -2.23. The van der Waals surface area contributed by atoms with Crippen LogP contribution in [0.4, 0.5) is 5.95 Å². The molecule has 1 aliphatic rings. The van der Waals surface area contributed by atoms with E-state index in [1.165, 1.54) is 0 Å². The van der Waals surface area contributed by atoms with Crippen LogP contribution in [0.15, 0.2) is 33.9 Å². The van der Waals surface area contributed by atoms with Crippen molar-refractivity contribution in [2.75, 3.05) is 18.5 Å². The third-order valence-electron chi connectivity index (χ3n) is 4.31. The molecule has 0 spiro atoms. The Balaban J connectivity index is 1.82. The van der Waals surface area contributed by atoms with Crippen LogP contribution in [-0.4, -0.2) is 34.0 Å². The number of hydrogen-bond donors (Lipinski definition) is 2. The van der Waals surface area contributed by atoms with Gasteiger partial charge in [0.15, 0.2) is 0 Å². The van der Waals surface area contributed by atoms with Crippen LogP contribution < -0.4 is 16.7 Å². The van der Waals surface area contributed by atoms with E-state index in [1.807, 2.05) is 13.0 Å². The molecule has 8 nitrogen and oxygen atoms in total. The Morgan fingerprint density at radius 3 is 2.80 bits per heavy atom. The summed E-state index contributed by atoms with van der Waals surface area (Å²) >= 11 is 0. The molecule has 1 aliphatic heterocycles. The second-order valence-electron chi connectivity index (χ2n) is 6.04. The van der Waals surface area contributed by atoms with Crippen LogP contribution in [0.3, 0.4) is 0 Å². The number of ether oxygens (including phenoxy) is 1. The fourth-order valence-corrected chi connectivity index (χ4v) is 2.95. The Labute approximate surface area is 143 Å². The van der Waals surface area contributed by atoms with Gasteiger partial charge in [-0.05, 0) is 31.4 Å². The molecule has 1 fully saturated rings. The fourth-order valence-electron chi connectivity index (χ4n) is 2.95. The zero-order valence-corrected chi connectivity index (χ0v) is 13.9. The average Bonchev–Trinajstić information content (AvgIpc) is 2.62. The van der Waals surface area contributed by atoms with Crippen LogP contribution in [0.1, 0.15) is 47.8 Å². The number of carbonyl (C=O) groups excluding carboxylic acids is 1.